The van der Waals surface area contributed by atoms with Gasteiger partial charge in [0, 0.05) is 24.1 Å². The van der Waals surface area contributed by atoms with Crippen LogP contribution in [0.1, 0.15) is 24.1 Å². The van der Waals surface area contributed by atoms with Gasteiger partial charge < -0.3 is 15.2 Å². The Hall–Kier alpha value is -1.74. The van der Waals surface area contributed by atoms with Gasteiger partial charge in [0.2, 0.25) is 0 Å². The molecule has 98 valence electrons. The molecule has 1 aromatic heterocycles. The number of piperidine rings is 1. The van der Waals surface area contributed by atoms with Gasteiger partial charge in [0.25, 0.3) is 0 Å². The van der Waals surface area contributed by atoms with E-state index in [9.17, 15) is 0 Å². The number of nitrogens with one attached hydrogen (secondary N) is 2. The molecule has 2 aliphatic rings. The number of hydrogen-bond donors (Lipinski definition) is 2. The van der Waals surface area contributed by atoms with Crippen LogP contribution >= 0.6 is 0 Å². The van der Waals surface area contributed by atoms with Crippen LogP contribution in [0.5, 0.6) is 0 Å². The van der Waals surface area contributed by atoms with Crippen LogP contribution in [0.4, 0.5) is 5.69 Å². The highest BCUT2D eigenvalue weighted by Gasteiger charge is 2.37. The summed E-state index contributed by atoms with van der Waals surface area (Å²) >= 11 is 0. The molecule has 19 heavy (non-hydrogen) atoms. The maximum absolute atomic E-state index is 3.86. The van der Waals surface area contributed by atoms with Crippen LogP contribution < -0.4 is 10.6 Å². The second-order valence-corrected chi connectivity index (χ2v) is 5.64. The minimum atomic E-state index is 0.0986. The third-order valence-electron chi connectivity index (χ3n) is 4.51. The van der Waals surface area contributed by atoms with Gasteiger partial charge in [-0.25, -0.2) is 0 Å². The fourth-order valence-corrected chi connectivity index (χ4v) is 3.51. The van der Waals surface area contributed by atoms with E-state index in [1.807, 2.05) is 0 Å². The molecule has 0 saturated carbocycles. The second kappa shape index (κ2) is 4.14. The third-order valence-corrected chi connectivity index (χ3v) is 4.51. The smallest absolute Gasteiger partial charge is 0.0800 e. The maximum Gasteiger partial charge on any atom is 0.0800 e. The summed E-state index contributed by atoms with van der Waals surface area (Å²) in [6.07, 6.45) is 4.50. The summed E-state index contributed by atoms with van der Waals surface area (Å²) in [5.74, 6) is 0. The van der Waals surface area contributed by atoms with Crippen molar-refractivity contribution in [3.8, 4) is 0 Å². The van der Waals surface area contributed by atoms with Gasteiger partial charge in [-0.05, 0) is 49.7 Å². The molecule has 4 rings (SSSR count). The molecule has 1 aromatic carbocycles. The van der Waals surface area contributed by atoms with Crippen molar-refractivity contribution in [3.05, 3.63) is 53.9 Å². The van der Waals surface area contributed by atoms with Gasteiger partial charge in [-0.2, -0.15) is 0 Å². The van der Waals surface area contributed by atoms with Gasteiger partial charge in [-0.3, -0.25) is 0 Å². The molecule has 1 fully saturated rings. The van der Waals surface area contributed by atoms with E-state index in [1.54, 1.807) is 0 Å². The zero-order chi connectivity index (χ0) is 12.7. The maximum atomic E-state index is 3.86. The van der Waals surface area contributed by atoms with Gasteiger partial charge in [0.1, 0.15) is 0 Å². The van der Waals surface area contributed by atoms with E-state index in [1.165, 1.54) is 16.9 Å². The Labute approximate surface area is 113 Å². The number of fused-ring (bicyclic) bond motifs is 3. The predicted molar refractivity (Wildman–Crippen MR) is 77.4 cm³/mol. The molecule has 2 N–H and O–H groups in total. The lowest BCUT2D eigenvalue weighted by atomic mass is 9.85. The molecular formula is C16H19N3. The Morgan fingerprint density at radius 3 is 2.74 bits per heavy atom. The molecule has 0 aliphatic carbocycles. The molecule has 0 unspecified atom stereocenters. The van der Waals surface area contributed by atoms with Crippen molar-refractivity contribution in [2.45, 2.75) is 24.9 Å². The number of benzene rings is 1. The van der Waals surface area contributed by atoms with E-state index in [2.05, 4.69) is 57.8 Å². The summed E-state index contributed by atoms with van der Waals surface area (Å²) < 4.78 is 2.41. The molecule has 0 radical (unpaired) electrons. The summed E-state index contributed by atoms with van der Waals surface area (Å²) in [5.41, 5.74) is 4.22. The Morgan fingerprint density at radius 1 is 1.00 bits per heavy atom. The van der Waals surface area contributed by atoms with Gasteiger partial charge in [-0.1, -0.05) is 18.2 Å². The first-order valence-electron chi connectivity index (χ1n) is 7.10. The number of aromatic nitrogens is 1. The largest absolute Gasteiger partial charge is 0.374 e. The number of nitrogens with zero attached hydrogens (tertiary/aromatic N) is 1. The lowest BCUT2D eigenvalue weighted by molar-refractivity contribution is 0.333. The van der Waals surface area contributed by atoms with Gasteiger partial charge in [0.05, 0.1) is 5.54 Å². The molecule has 3 heteroatoms. The summed E-state index contributed by atoms with van der Waals surface area (Å²) in [5, 5.41) is 7.33. The van der Waals surface area contributed by atoms with E-state index >= 15 is 0 Å². The van der Waals surface area contributed by atoms with Crippen molar-refractivity contribution in [1.29, 1.82) is 0 Å². The zero-order valence-corrected chi connectivity index (χ0v) is 11.0. The quantitative estimate of drug-likeness (QED) is 0.755. The summed E-state index contributed by atoms with van der Waals surface area (Å²) in [6.45, 7) is 3.14. The first-order chi connectivity index (χ1) is 9.37. The summed E-state index contributed by atoms with van der Waals surface area (Å²) in [7, 11) is 0. The molecule has 0 atom stereocenters. The highest BCUT2D eigenvalue weighted by molar-refractivity contribution is 5.56. The lowest BCUT2D eigenvalue weighted by Crippen LogP contribution is -2.45. The van der Waals surface area contributed by atoms with E-state index in [0.717, 1.165) is 32.5 Å². The molecule has 0 bridgehead atoms. The minimum absolute atomic E-state index is 0.0986. The fourth-order valence-electron chi connectivity index (χ4n) is 3.51. The monoisotopic (exact) mass is 253 g/mol. The van der Waals surface area contributed by atoms with Crippen molar-refractivity contribution in [2.75, 3.05) is 18.4 Å². The summed E-state index contributed by atoms with van der Waals surface area (Å²) in [6, 6.07) is 13.2. The average Bonchev–Trinajstić information content (AvgIpc) is 2.87. The van der Waals surface area contributed by atoms with Crippen LogP contribution in [0.25, 0.3) is 0 Å². The number of anilines is 1. The fraction of sp³-hybridized carbons (Fsp3) is 0.375. The normalized spacial score (nSPS) is 20.2. The van der Waals surface area contributed by atoms with Gasteiger partial charge >= 0.3 is 0 Å². The van der Waals surface area contributed by atoms with E-state index in [-0.39, 0.29) is 5.54 Å². The SMILES string of the molecule is c1ccc2c(c1)Cn1cccc1C1(CCNCC1)N2. The van der Waals surface area contributed by atoms with E-state index < -0.39 is 0 Å². The molecule has 0 amide bonds. The third kappa shape index (κ3) is 1.69. The van der Waals surface area contributed by atoms with Crippen molar-refractivity contribution < 1.29 is 0 Å². The van der Waals surface area contributed by atoms with Crippen LogP contribution in [0.2, 0.25) is 0 Å². The highest BCUT2D eigenvalue weighted by atomic mass is 15.1. The molecule has 2 aliphatic heterocycles. The Bertz CT molecular complexity index is 594. The highest BCUT2D eigenvalue weighted by Crippen LogP contribution is 2.38. The zero-order valence-electron chi connectivity index (χ0n) is 11.0. The minimum Gasteiger partial charge on any atom is -0.374 e. The molecule has 1 saturated heterocycles. The number of rotatable bonds is 0. The molecule has 3 heterocycles. The Kier molecular flexibility index (Phi) is 2.42. The van der Waals surface area contributed by atoms with Crippen LogP contribution in [0, 0.1) is 0 Å². The van der Waals surface area contributed by atoms with Crippen LogP contribution in [-0.4, -0.2) is 17.7 Å². The summed E-state index contributed by atoms with van der Waals surface area (Å²) in [4.78, 5) is 0. The molecular weight excluding hydrogens is 234 g/mol. The van der Waals surface area contributed by atoms with E-state index in [4.69, 9.17) is 0 Å². The lowest BCUT2D eigenvalue weighted by Gasteiger charge is -2.39. The first-order valence-corrected chi connectivity index (χ1v) is 7.10. The topological polar surface area (TPSA) is 29.0 Å². The van der Waals surface area contributed by atoms with Gasteiger partial charge in [-0.15, -0.1) is 0 Å². The van der Waals surface area contributed by atoms with Crippen LogP contribution in [-0.2, 0) is 12.1 Å². The first kappa shape index (κ1) is 11.1. The molecule has 2 aromatic rings. The van der Waals surface area contributed by atoms with Crippen molar-refractivity contribution in [3.63, 3.8) is 0 Å². The van der Waals surface area contributed by atoms with Crippen LogP contribution in [0.3, 0.4) is 0 Å². The molecule has 3 nitrogen and oxygen atoms in total. The van der Waals surface area contributed by atoms with E-state index in [0.29, 0.717) is 0 Å². The second-order valence-electron chi connectivity index (χ2n) is 5.64. The number of para-hydroxylation sites is 1. The average molecular weight is 253 g/mol. The van der Waals surface area contributed by atoms with Crippen molar-refractivity contribution in [2.24, 2.45) is 0 Å². The Balaban J connectivity index is 1.88. The number of hydrogen-bond acceptors (Lipinski definition) is 2. The van der Waals surface area contributed by atoms with Gasteiger partial charge in [0.15, 0.2) is 0 Å². The van der Waals surface area contributed by atoms with Crippen LogP contribution in [0.15, 0.2) is 42.6 Å². The molecule has 1 spiro atoms. The predicted octanol–water partition coefficient (Wildman–Crippen LogP) is 2.54. The van der Waals surface area contributed by atoms with Crippen molar-refractivity contribution >= 4 is 5.69 Å². The van der Waals surface area contributed by atoms with Crippen molar-refractivity contribution in [1.82, 2.24) is 9.88 Å². The Morgan fingerprint density at radius 2 is 1.84 bits per heavy atom. The standard InChI is InChI=1S/C16H19N3/c1-2-5-14-13(4-1)12-19-11-3-6-15(19)16(18-14)7-9-17-10-8-16/h1-6,11,17-18H,7-10,12H2.